The van der Waals surface area contributed by atoms with E-state index in [4.69, 9.17) is 11.6 Å². The van der Waals surface area contributed by atoms with Gasteiger partial charge in [-0.05, 0) is 19.4 Å². The highest BCUT2D eigenvalue weighted by atomic mass is 35.5. The minimum atomic E-state index is -0.265. The Morgan fingerprint density at radius 2 is 2.35 bits per heavy atom. The number of carbonyl (C=O) groups excluding carboxylic acids is 1. The predicted octanol–water partition coefficient (Wildman–Crippen LogP) is 2.32. The van der Waals surface area contributed by atoms with Gasteiger partial charge < -0.3 is 5.32 Å². The van der Waals surface area contributed by atoms with Gasteiger partial charge in [-0.1, -0.05) is 18.5 Å². The van der Waals surface area contributed by atoms with Gasteiger partial charge in [0.05, 0.1) is 5.69 Å². The summed E-state index contributed by atoms with van der Waals surface area (Å²) in [7, 11) is 1.75. The monoisotopic (exact) mass is 293 g/mol. The van der Waals surface area contributed by atoms with E-state index in [0.29, 0.717) is 11.0 Å². The lowest BCUT2D eigenvalue weighted by Gasteiger charge is -1.96. The SMILES string of the molecule is CCc1cc(NC(=O)/C=C/c2c(C)nn(C)c2Cl)n[nH]1. The number of aromatic amines is 1. The third-order valence-electron chi connectivity index (χ3n) is 2.86. The van der Waals surface area contributed by atoms with E-state index in [1.165, 1.54) is 6.08 Å². The fourth-order valence-electron chi connectivity index (χ4n) is 1.77. The zero-order valence-electron chi connectivity index (χ0n) is 11.6. The first-order chi connectivity index (χ1) is 9.51. The lowest BCUT2D eigenvalue weighted by atomic mass is 10.2. The van der Waals surface area contributed by atoms with Crippen LogP contribution in [-0.2, 0) is 18.3 Å². The molecule has 2 rings (SSSR count). The number of amides is 1. The first kappa shape index (κ1) is 14.3. The lowest BCUT2D eigenvalue weighted by Crippen LogP contribution is -2.07. The second-order valence-electron chi connectivity index (χ2n) is 4.37. The van der Waals surface area contributed by atoms with Crippen molar-refractivity contribution in [2.75, 3.05) is 5.32 Å². The molecular weight excluding hydrogens is 278 g/mol. The predicted molar refractivity (Wildman–Crippen MR) is 78.6 cm³/mol. The summed E-state index contributed by atoms with van der Waals surface area (Å²) in [6.45, 7) is 3.84. The van der Waals surface area contributed by atoms with Crippen LogP contribution in [0.5, 0.6) is 0 Å². The number of aromatic nitrogens is 4. The summed E-state index contributed by atoms with van der Waals surface area (Å²) in [5.41, 5.74) is 2.48. The van der Waals surface area contributed by atoms with Crippen LogP contribution in [0.15, 0.2) is 12.1 Å². The summed E-state index contributed by atoms with van der Waals surface area (Å²) >= 11 is 6.08. The molecule has 0 spiro atoms. The van der Waals surface area contributed by atoms with Crippen LogP contribution in [0.4, 0.5) is 5.82 Å². The van der Waals surface area contributed by atoms with Gasteiger partial charge in [-0.3, -0.25) is 14.6 Å². The summed E-state index contributed by atoms with van der Waals surface area (Å²) in [6, 6.07) is 1.80. The first-order valence-electron chi connectivity index (χ1n) is 6.23. The van der Waals surface area contributed by atoms with E-state index >= 15 is 0 Å². The van der Waals surface area contributed by atoms with Crippen molar-refractivity contribution in [1.29, 1.82) is 0 Å². The lowest BCUT2D eigenvalue weighted by molar-refractivity contribution is -0.111. The summed E-state index contributed by atoms with van der Waals surface area (Å²) in [4.78, 5) is 11.8. The van der Waals surface area contributed by atoms with Crippen LogP contribution in [0.1, 0.15) is 23.9 Å². The zero-order valence-corrected chi connectivity index (χ0v) is 12.3. The summed E-state index contributed by atoms with van der Waals surface area (Å²) < 4.78 is 1.57. The number of rotatable bonds is 4. The molecule has 0 fully saturated rings. The van der Waals surface area contributed by atoms with E-state index < -0.39 is 0 Å². The maximum Gasteiger partial charge on any atom is 0.249 e. The number of halogens is 1. The standard InChI is InChI=1S/C13H16ClN5O/c1-4-9-7-11(17-16-9)15-12(20)6-5-10-8(2)18-19(3)13(10)14/h5-7H,4H2,1-3H3,(H2,15,16,17,20)/b6-5+. The summed E-state index contributed by atoms with van der Waals surface area (Å²) in [5.74, 6) is 0.240. The Balaban J connectivity index is 2.05. The van der Waals surface area contributed by atoms with Crippen LogP contribution >= 0.6 is 11.6 Å². The quantitative estimate of drug-likeness (QED) is 0.850. The number of hydrogen-bond donors (Lipinski definition) is 2. The molecule has 0 aliphatic rings. The van der Waals surface area contributed by atoms with Gasteiger partial charge in [0.25, 0.3) is 0 Å². The van der Waals surface area contributed by atoms with Crippen LogP contribution in [0, 0.1) is 6.92 Å². The van der Waals surface area contributed by atoms with Crippen molar-refractivity contribution >= 4 is 29.4 Å². The number of nitrogens with one attached hydrogen (secondary N) is 2. The average molecular weight is 294 g/mol. The van der Waals surface area contributed by atoms with Crippen LogP contribution in [0.25, 0.3) is 6.08 Å². The number of nitrogens with zero attached hydrogens (tertiary/aromatic N) is 3. The van der Waals surface area contributed by atoms with Gasteiger partial charge in [-0.25, -0.2) is 0 Å². The minimum Gasteiger partial charge on any atom is -0.306 e. The van der Waals surface area contributed by atoms with E-state index in [9.17, 15) is 4.79 Å². The van der Waals surface area contributed by atoms with Crippen LogP contribution in [0.2, 0.25) is 5.15 Å². The number of aryl methyl sites for hydroxylation is 3. The molecule has 0 aromatic carbocycles. The van der Waals surface area contributed by atoms with Crippen molar-refractivity contribution < 1.29 is 4.79 Å². The molecule has 20 heavy (non-hydrogen) atoms. The van der Waals surface area contributed by atoms with Crippen molar-refractivity contribution in [2.45, 2.75) is 20.3 Å². The smallest absolute Gasteiger partial charge is 0.249 e. The second kappa shape index (κ2) is 5.92. The molecule has 2 aromatic heterocycles. The van der Waals surface area contributed by atoms with Crippen molar-refractivity contribution in [3.63, 3.8) is 0 Å². The molecule has 0 saturated heterocycles. The summed E-state index contributed by atoms with van der Waals surface area (Å²) in [5, 5.41) is 14.2. The van der Waals surface area contributed by atoms with Crippen molar-refractivity contribution in [3.05, 3.63) is 34.2 Å². The molecule has 2 aromatic rings. The Kier molecular flexibility index (Phi) is 4.24. The largest absolute Gasteiger partial charge is 0.306 e. The van der Waals surface area contributed by atoms with Gasteiger partial charge in [-0.2, -0.15) is 10.2 Å². The van der Waals surface area contributed by atoms with Gasteiger partial charge in [0.15, 0.2) is 5.82 Å². The van der Waals surface area contributed by atoms with E-state index in [0.717, 1.165) is 23.4 Å². The van der Waals surface area contributed by atoms with Gasteiger partial charge >= 0.3 is 0 Å². The molecule has 2 N–H and O–H groups in total. The molecule has 0 atom stereocenters. The molecule has 0 aliphatic heterocycles. The maximum atomic E-state index is 11.8. The molecule has 2 heterocycles. The molecule has 0 radical (unpaired) electrons. The topological polar surface area (TPSA) is 75.6 Å². The van der Waals surface area contributed by atoms with Gasteiger partial charge in [0.1, 0.15) is 5.15 Å². The number of carbonyl (C=O) groups is 1. The number of anilines is 1. The Hall–Kier alpha value is -2.08. The fourth-order valence-corrected chi connectivity index (χ4v) is 2.01. The van der Waals surface area contributed by atoms with Crippen LogP contribution in [0.3, 0.4) is 0 Å². The average Bonchev–Trinajstić information content (AvgIpc) is 2.94. The van der Waals surface area contributed by atoms with Crippen molar-refractivity contribution in [3.8, 4) is 0 Å². The third-order valence-corrected chi connectivity index (χ3v) is 3.31. The van der Waals surface area contributed by atoms with Gasteiger partial charge in [0, 0.05) is 30.4 Å². The van der Waals surface area contributed by atoms with Gasteiger partial charge in [0.2, 0.25) is 5.91 Å². The normalized spacial score (nSPS) is 11.2. The molecular formula is C13H16ClN5O. The minimum absolute atomic E-state index is 0.265. The molecule has 6 nitrogen and oxygen atoms in total. The van der Waals surface area contributed by atoms with Crippen LogP contribution < -0.4 is 5.32 Å². The Bertz CT molecular complexity index is 656. The first-order valence-corrected chi connectivity index (χ1v) is 6.61. The van der Waals surface area contributed by atoms with Crippen molar-refractivity contribution in [1.82, 2.24) is 20.0 Å². The molecule has 0 unspecified atom stereocenters. The number of H-pyrrole nitrogens is 1. The van der Waals surface area contributed by atoms with Crippen LogP contribution in [-0.4, -0.2) is 25.9 Å². The van der Waals surface area contributed by atoms with Gasteiger partial charge in [-0.15, -0.1) is 0 Å². The zero-order chi connectivity index (χ0) is 14.7. The Morgan fingerprint density at radius 3 is 2.90 bits per heavy atom. The molecule has 0 saturated carbocycles. The highest BCUT2D eigenvalue weighted by molar-refractivity contribution is 6.31. The molecule has 1 amide bonds. The highest BCUT2D eigenvalue weighted by Crippen LogP contribution is 2.20. The molecule has 7 heteroatoms. The second-order valence-corrected chi connectivity index (χ2v) is 4.73. The highest BCUT2D eigenvalue weighted by Gasteiger charge is 2.09. The third kappa shape index (κ3) is 3.08. The summed E-state index contributed by atoms with van der Waals surface area (Å²) in [6.07, 6.45) is 3.90. The van der Waals surface area contributed by atoms with Crippen molar-refractivity contribution in [2.24, 2.45) is 7.05 Å². The number of hydrogen-bond acceptors (Lipinski definition) is 3. The van der Waals surface area contributed by atoms with E-state index in [1.54, 1.807) is 23.9 Å². The fraction of sp³-hybridized carbons (Fsp3) is 0.308. The van der Waals surface area contributed by atoms with E-state index in [2.05, 4.69) is 20.6 Å². The Morgan fingerprint density at radius 1 is 1.60 bits per heavy atom. The molecule has 106 valence electrons. The molecule has 0 aliphatic carbocycles. The maximum absolute atomic E-state index is 11.8. The Labute approximate surface area is 121 Å². The van der Waals surface area contributed by atoms with E-state index in [-0.39, 0.29) is 5.91 Å². The van der Waals surface area contributed by atoms with E-state index in [1.807, 2.05) is 13.8 Å². The molecule has 0 bridgehead atoms.